The summed E-state index contributed by atoms with van der Waals surface area (Å²) in [5.41, 5.74) is 6.36. The number of amides is 1. The fourth-order valence-corrected chi connectivity index (χ4v) is 5.68. The Hall–Kier alpha value is -3.98. The zero-order valence-corrected chi connectivity index (χ0v) is 19.4. The van der Waals surface area contributed by atoms with Gasteiger partial charge < -0.3 is 20.3 Å². The van der Waals surface area contributed by atoms with Crippen LogP contribution < -0.4 is 15.5 Å². The van der Waals surface area contributed by atoms with Crippen molar-refractivity contribution in [2.75, 3.05) is 36.5 Å². The minimum absolute atomic E-state index is 0.0875. The number of rotatable bonds is 4. The normalized spacial score (nSPS) is 22.9. The highest BCUT2D eigenvalue weighted by atomic mass is 16.5. The van der Waals surface area contributed by atoms with Gasteiger partial charge in [0.2, 0.25) is 0 Å². The van der Waals surface area contributed by atoms with Crippen LogP contribution in [0.15, 0.2) is 55.2 Å². The van der Waals surface area contributed by atoms with E-state index in [4.69, 9.17) is 4.74 Å². The second-order valence-corrected chi connectivity index (χ2v) is 9.92. The number of carbonyl (C=O) groups is 1. The highest BCUT2D eigenvalue weighted by Gasteiger charge is 2.47. The maximum absolute atomic E-state index is 12.8. The predicted octanol–water partition coefficient (Wildman–Crippen LogP) is 3.25. The van der Waals surface area contributed by atoms with Crippen molar-refractivity contribution < 1.29 is 9.53 Å². The van der Waals surface area contributed by atoms with Gasteiger partial charge in [-0.25, -0.2) is 9.97 Å². The third-order valence-corrected chi connectivity index (χ3v) is 7.66. The van der Waals surface area contributed by atoms with E-state index in [2.05, 4.69) is 43.5 Å². The molecule has 3 aromatic heterocycles. The minimum Gasteiger partial charge on any atom is -0.380 e. The average molecular weight is 468 g/mol. The molecule has 0 aliphatic carbocycles. The summed E-state index contributed by atoms with van der Waals surface area (Å²) in [5, 5.41) is 6.34. The fraction of sp³-hybridized carbons (Fsp3) is 0.308. The number of aromatic nitrogens is 4. The molecule has 35 heavy (non-hydrogen) atoms. The first-order valence-corrected chi connectivity index (χ1v) is 11.9. The lowest BCUT2D eigenvalue weighted by atomic mass is 9.83. The Bertz CT molecular complexity index is 1460. The SMILES string of the molecule is C[C@]12COCC1CN(c1ccc(Nc3ccc(-c4cnc5cnccn45)c4c3C(=O)NC4)nc1)C2. The Morgan fingerprint density at radius 1 is 1.17 bits per heavy atom. The summed E-state index contributed by atoms with van der Waals surface area (Å²) >= 11 is 0. The van der Waals surface area contributed by atoms with Crippen LogP contribution >= 0.6 is 0 Å². The van der Waals surface area contributed by atoms with Crippen LogP contribution in [0.4, 0.5) is 17.2 Å². The number of carbonyl (C=O) groups excluding carboxylic acids is 1. The van der Waals surface area contributed by atoms with Gasteiger partial charge in [0, 0.05) is 48.9 Å². The lowest BCUT2D eigenvalue weighted by molar-refractivity contribution is 0.0966. The van der Waals surface area contributed by atoms with Crippen LogP contribution in [0.2, 0.25) is 0 Å². The van der Waals surface area contributed by atoms with E-state index in [0.29, 0.717) is 23.8 Å². The number of hydrogen-bond donors (Lipinski definition) is 2. The first kappa shape index (κ1) is 20.4. The fourth-order valence-electron chi connectivity index (χ4n) is 5.68. The van der Waals surface area contributed by atoms with Crippen molar-refractivity contribution in [3.8, 4) is 11.3 Å². The van der Waals surface area contributed by atoms with Crippen LogP contribution in [0.25, 0.3) is 16.9 Å². The predicted molar refractivity (Wildman–Crippen MR) is 132 cm³/mol. The molecule has 176 valence electrons. The van der Waals surface area contributed by atoms with Crippen LogP contribution in [0, 0.1) is 11.3 Å². The number of benzene rings is 1. The summed E-state index contributed by atoms with van der Waals surface area (Å²) < 4.78 is 7.67. The maximum atomic E-state index is 12.8. The molecule has 6 heterocycles. The van der Waals surface area contributed by atoms with E-state index in [1.807, 2.05) is 41.2 Å². The number of anilines is 3. The Labute approximate surface area is 202 Å². The summed E-state index contributed by atoms with van der Waals surface area (Å²) in [5.74, 6) is 1.19. The zero-order valence-electron chi connectivity index (χ0n) is 19.4. The van der Waals surface area contributed by atoms with Gasteiger partial charge in [0.15, 0.2) is 5.65 Å². The number of imidazole rings is 1. The molecule has 2 N–H and O–H groups in total. The van der Waals surface area contributed by atoms with Crippen molar-refractivity contribution in [3.05, 3.63) is 66.4 Å². The van der Waals surface area contributed by atoms with Crippen LogP contribution in [-0.4, -0.2) is 51.6 Å². The molecule has 2 fully saturated rings. The molecule has 7 rings (SSSR count). The third-order valence-electron chi connectivity index (χ3n) is 7.66. The van der Waals surface area contributed by atoms with Crippen LogP contribution in [-0.2, 0) is 11.3 Å². The molecule has 2 atom stereocenters. The monoisotopic (exact) mass is 467 g/mol. The minimum atomic E-state index is -0.0875. The number of hydrogen-bond acceptors (Lipinski definition) is 7. The van der Waals surface area contributed by atoms with Crippen molar-refractivity contribution in [1.82, 2.24) is 24.7 Å². The van der Waals surface area contributed by atoms with Crippen LogP contribution in [0.1, 0.15) is 22.8 Å². The lowest BCUT2D eigenvalue weighted by Gasteiger charge is -2.23. The lowest BCUT2D eigenvalue weighted by Crippen LogP contribution is -2.27. The van der Waals surface area contributed by atoms with E-state index in [1.54, 1.807) is 12.4 Å². The van der Waals surface area contributed by atoms with Gasteiger partial charge in [-0.05, 0) is 23.8 Å². The number of pyridine rings is 1. The van der Waals surface area contributed by atoms with Gasteiger partial charge >= 0.3 is 0 Å². The Balaban J connectivity index is 1.18. The van der Waals surface area contributed by atoms with Crippen molar-refractivity contribution in [3.63, 3.8) is 0 Å². The van der Waals surface area contributed by atoms with Gasteiger partial charge in [0.05, 0.1) is 54.4 Å². The van der Waals surface area contributed by atoms with Crippen LogP contribution in [0.5, 0.6) is 0 Å². The molecule has 9 heteroatoms. The Morgan fingerprint density at radius 3 is 2.97 bits per heavy atom. The van der Waals surface area contributed by atoms with Gasteiger partial charge in [-0.1, -0.05) is 13.0 Å². The summed E-state index contributed by atoms with van der Waals surface area (Å²) in [6.45, 7) is 6.45. The number of nitrogens with zero attached hydrogens (tertiary/aromatic N) is 5. The van der Waals surface area contributed by atoms with Gasteiger partial charge in [0.25, 0.3) is 5.91 Å². The second-order valence-electron chi connectivity index (χ2n) is 9.92. The summed E-state index contributed by atoms with van der Waals surface area (Å²) in [6, 6.07) is 8.05. The van der Waals surface area contributed by atoms with E-state index in [-0.39, 0.29) is 11.3 Å². The van der Waals surface area contributed by atoms with Crippen molar-refractivity contribution in [1.29, 1.82) is 0 Å². The van der Waals surface area contributed by atoms with Gasteiger partial charge in [-0.2, -0.15) is 0 Å². The largest absolute Gasteiger partial charge is 0.380 e. The first-order chi connectivity index (χ1) is 17.1. The van der Waals surface area contributed by atoms with E-state index in [1.165, 1.54) is 0 Å². The second kappa shape index (κ2) is 7.51. The molecule has 2 saturated heterocycles. The highest BCUT2D eigenvalue weighted by molar-refractivity contribution is 6.06. The molecule has 1 aromatic carbocycles. The van der Waals surface area contributed by atoms with Crippen molar-refractivity contribution >= 4 is 28.7 Å². The van der Waals surface area contributed by atoms with Crippen molar-refractivity contribution in [2.24, 2.45) is 11.3 Å². The Morgan fingerprint density at radius 2 is 2.11 bits per heavy atom. The molecule has 1 amide bonds. The van der Waals surface area contributed by atoms with Crippen LogP contribution in [0.3, 0.4) is 0 Å². The smallest absolute Gasteiger partial charge is 0.254 e. The standard InChI is InChI=1S/C26H25N7O2/c1-26-14-32(12-16(26)13-35-15-26)17-2-5-22(28-8-17)31-20-4-3-18(19-9-30-25(34)24(19)20)21-10-29-23-11-27-6-7-33(21)23/h2-8,10-11,16H,9,12-15H2,1H3,(H,28,31)(H,30,34)/t16?,26-/m0/s1. The van der Waals surface area contributed by atoms with Gasteiger partial charge in [0.1, 0.15) is 5.82 Å². The van der Waals surface area contributed by atoms with E-state index < -0.39 is 0 Å². The van der Waals surface area contributed by atoms with Gasteiger partial charge in [-0.3, -0.25) is 14.2 Å². The molecule has 0 spiro atoms. The first-order valence-electron chi connectivity index (χ1n) is 11.9. The number of ether oxygens (including phenoxy) is 1. The third kappa shape index (κ3) is 3.19. The maximum Gasteiger partial charge on any atom is 0.254 e. The van der Waals surface area contributed by atoms with Crippen molar-refractivity contribution in [2.45, 2.75) is 13.5 Å². The van der Waals surface area contributed by atoms with Gasteiger partial charge in [-0.15, -0.1) is 0 Å². The van der Waals surface area contributed by atoms with E-state index >= 15 is 0 Å². The molecular formula is C26H25N7O2. The Kier molecular flexibility index (Phi) is 4.38. The number of nitrogens with one attached hydrogen (secondary N) is 2. The average Bonchev–Trinajstić information content (AvgIpc) is 3.62. The number of fused-ring (bicyclic) bond motifs is 3. The van der Waals surface area contributed by atoms with E-state index in [0.717, 1.165) is 60.1 Å². The summed E-state index contributed by atoms with van der Waals surface area (Å²) in [4.78, 5) is 28.4. The van der Waals surface area contributed by atoms with E-state index in [9.17, 15) is 4.79 Å². The summed E-state index contributed by atoms with van der Waals surface area (Å²) in [7, 11) is 0. The molecule has 0 saturated carbocycles. The molecule has 1 unspecified atom stereocenters. The molecular weight excluding hydrogens is 442 g/mol. The summed E-state index contributed by atoms with van der Waals surface area (Å²) in [6.07, 6.45) is 9.07. The molecule has 3 aliphatic rings. The zero-order chi connectivity index (χ0) is 23.6. The molecule has 4 aromatic rings. The molecule has 0 radical (unpaired) electrons. The topological polar surface area (TPSA) is 96.7 Å². The molecule has 9 nitrogen and oxygen atoms in total. The molecule has 0 bridgehead atoms. The molecule has 3 aliphatic heterocycles. The quantitative estimate of drug-likeness (QED) is 0.476. The highest BCUT2D eigenvalue weighted by Crippen LogP contribution is 2.42.